The Labute approximate surface area is 116 Å². The van der Waals surface area contributed by atoms with Gasteiger partial charge in [-0.2, -0.15) is 0 Å². The van der Waals surface area contributed by atoms with Crippen molar-refractivity contribution in [3.05, 3.63) is 53.3 Å². The number of pyridine rings is 1. The van der Waals surface area contributed by atoms with E-state index in [4.69, 9.17) is 17.3 Å². The van der Waals surface area contributed by atoms with Gasteiger partial charge in [0.05, 0.1) is 5.69 Å². The highest BCUT2D eigenvalue weighted by Crippen LogP contribution is 2.18. The summed E-state index contributed by atoms with van der Waals surface area (Å²) in [4.78, 5) is 3.72. The third-order valence-corrected chi connectivity index (χ3v) is 4.33. The summed E-state index contributed by atoms with van der Waals surface area (Å²) in [6.45, 7) is 0.0936. The number of nitrogens with two attached hydrogens (primary N) is 1. The Hall–Kier alpha value is -1.63. The predicted octanol–water partition coefficient (Wildman–Crippen LogP) is 1.80. The highest BCUT2D eigenvalue weighted by molar-refractivity contribution is 7.89. The van der Waals surface area contributed by atoms with Crippen LogP contribution in [0.25, 0.3) is 0 Å². The van der Waals surface area contributed by atoms with E-state index in [2.05, 4.69) is 9.71 Å². The number of benzene rings is 1. The van der Waals surface area contributed by atoms with Crippen molar-refractivity contribution < 1.29 is 8.42 Å². The molecule has 0 amide bonds. The van der Waals surface area contributed by atoms with Crippen LogP contribution in [0, 0.1) is 0 Å². The van der Waals surface area contributed by atoms with E-state index in [0.29, 0.717) is 10.6 Å². The lowest BCUT2D eigenvalue weighted by Crippen LogP contribution is -2.24. The van der Waals surface area contributed by atoms with Crippen LogP contribution < -0.4 is 10.5 Å². The van der Waals surface area contributed by atoms with E-state index in [-0.39, 0.29) is 17.1 Å². The van der Waals surface area contributed by atoms with Gasteiger partial charge in [0, 0.05) is 24.0 Å². The first-order chi connectivity index (χ1) is 9.00. The topological polar surface area (TPSA) is 85.1 Å². The lowest BCUT2D eigenvalue weighted by molar-refractivity contribution is 0.581. The Kier molecular flexibility index (Phi) is 4.04. The molecule has 0 saturated carbocycles. The molecule has 0 aliphatic carbocycles. The number of nitrogens with zero attached hydrogens (tertiary/aromatic N) is 1. The van der Waals surface area contributed by atoms with Crippen molar-refractivity contribution in [2.24, 2.45) is 0 Å². The maximum atomic E-state index is 12.1. The van der Waals surface area contributed by atoms with Crippen LogP contribution in [-0.4, -0.2) is 13.4 Å². The fraction of sp³-hybridized carbons (Fsp3) is 0.0833. The third kappa shape index (κ3) is 3.23. The van der Waals surface area contributed by atoms with Gasteiger partial charge in [0.1, 0.15) is 4.90 Å². The number of rotatable bonds is 4. The monoisotopic (exact) mass is 297 g/mol. The minimum absolute atomic E-state index is 0.0398. The Bertz CT molecular complexity index is 689. The Morgan fingerprint density at radius 1 is 1.26 bits per heavy atom. The summed E-state index contributed by atoms with van der Waals surface area (Å²) < 4.78 is 26.6. The van der Waals surface area contributed by atoms with Crippen LogP contribution in [0.4, 0.5) is 5.69 Å². The molecule has 0 radical (unpaired) electrons. The van der Waals surface area contributed by atoms with Gasteiger partial charge >= 0.3 is 0 Å². The number of nitrogens with one attached hydrogen (secondary N) is 1. The second-order valence-electron chi connectivity index (χ2n) is 3.83. The summed E-state index contributed by atoms with van der Waals surface area (Å²) in [6, 6.07) is 8.44. The summed E-state index contributed by atoms with van der Waals surface area (Å²) >= 11 is 5.96. The number of sulfonamides is 1. The van der Waals surface area contributed by atoms with Crippen LogP contribution in [0.3, 0.4) is 0 Å². The molecule has 0 spiro atoms. The van der Waals surface area contributed by atoms with E-state index in [1.54, 1.807) is 24.3 Å². The zero-order valence-corrected chi connectivity index (χ0v) is 11.4. The van der Waals surface area contributed by atoms with Crippen LogP contribution in [0.2, 0.25) is 5.02 Å². The highest BCUT2D eigenvalue weighted by Gasteiger charge is 2.17. The molecule has 0 aliphatic heterocycles. The largest absolute Gasteiger partial charge is 0.398 e. The van der Waals surface area contributed by atoms with Gasteiger partial charge in [-0.25, -0.2) is 13.1 Å². The van der Waals surface area contributed by atoms with Crippen molar-refractivity contribution in [1.82, 2.24) is 9.71 Å². The molecule has 1 aromatic heterocycles. The average molecular weight is 298 g/mol. The first-order valence-electron chi connectivity index (χ1n) is 5.43. The lowest BCUT2D eigenvalue weighted by atomic mass is 10.2. The zero-order chi connectivity index (χ0) is 13.9. The van der Waals surface area contributed by atoms with E-state index < -0.39 is 10.0 Å². The van der Waals surface area contributed by atoms with Crippen LogP contribution in [-0.2, 0) is 16.6 Å². The van der Waals surface area contributed by atoms with Crippen molar-refractivity contribution in [2.75, 3.05) is 5.73 Å². The zero-order valence-electron chi connectivity index (χ0n) is 9.88. The Balaban J connectivity index is 2.20. The van der Waals surface area contributed by atoms with Crippen molar-refractivity contribution >= 4 is 27.3 Å². The summed E-state index contributed by atoms with van der Waals surface area (Å²) in [5.41, 5.74) is 6.46. The number of halogens is 1. The van der Waals surface area contributed by atoms with Crippen LogP contribution in [0.5, 0.6) is 0 Å². The minimum atomic E-state index is -3.70. The maximum absolute atomic E-state index is 12.1. The molecule has 19 heavy (non-hydrogen) atoms. The number of aromatic nitrogens is 1. The summed E-state index contributed by atoms with van der Waals surface area (Å²) in [7, 11) is -3.70. The van der Waals surface area contributed by atoms with E-state index in [1.807, 2.05) is 0 Å². The fourth-order valence-corrected chi connectivity index (χ4v) is 2.79. The molecule has 5 nitrogen and oxygen atoms in total. The lowest BCUT2D eigenvalue weighted by Gasteiger charge is -2.09. The third-order valence-electron chi connectivity index (χ3n) is 2.52. The molecule has 0 atom stereocenters. The van der Waals surface area contributed by atoms with E-state index in [9.17, 15) is 8.42 Å². The van der Waals surface area contributed by atoms with Crippen molar-refractivity contribution in [2.45, 2.75) is 11.4 Å². The van der Waals surface area contributed by atoms with Crippen molar-refractivity contribution in [3.63, 3.8) is 0 Å². The number of anilines is 1. The van der Waals surface area contributed by atoms with E-state index >= 15 is 0 Å². The molecular weight excluding hydrogens is 286 g/mol. The van der Waals surface area contributed by atoms with Gasteiger partial charge in [0.15, 0.2) is 0 Å². The van der Waals surface area contributed by atoms with E-state index in [0.717, 1.165) is 0 Å². The van der Waals surface area contributed by atoms with Gasteiger partial charge in [0.25, 0.3) is 0 Å². The Morgan fingerprint density at radius 2 is 2.00 bits per heavy atom. The van der Waals surface area contributed by atoms with Crippen LogP contribution in [0.15, 0.2) is 47.6 Å². The minimum Gasteiger partial charge on any atom is -0.398 e. The quantitative estimate of drug-likeness (QED) is 0.901. The van der Waals surface area contributed by atoms with E-state index in [1.165, 1.54) is 18.5 Å². The molecule has 3 N–H and O–H groups in total. The standard InChI is InChI=1S/C12H12ClN3O2S/c13-10-4-2-1-3-9(10)7-16-19(17,18)12-8-15-6-5-11(12)14/h1-6,8,16H,7H2,(H2,14,15). The normalized spacial score (nSPS) is 11.4. The van der Waals surface area contributed by atoms with Gasteiger partial charge in [-0.15, -0.1) is 0 Å². The Morgan fingerprint density at radius 3 is 2.68 bits per heavy atom. The summed E-state index contributed by atoms with van der Waals surface area (Å²) in [6.07, 6.45) is 2.65. The molecule has 0 bridgehead atoms. The summed E-state index contributed by atoms with van der Waals surface area (Å²) in [5, 5.41) is 0.504. The fourth-order valence-electron chi connectivity index (χ4n) is 1.51. The van der Waals surface area contributed by atoms with Crippen LogP contribution >= 0.6 is 11.6 Å². The van der Waals surface area contributed by atoms with Gasteiger partial charge in [0.2, 0.25) is 10.0 Å². The van der Waals surface area contributed by atoms with Crippen LogP contribution in [0.1, 0.15) is 5.56 Å². The SMILES string of the molecule is Nc1ccncc1S(=O)(=O)NCc1ccccc1Cl. The number of nitrogen functional groups attached to an aromatic ring is 1. The number of hydrogen-bond acceptors (Lipinski definition) is 4. The van der Waals surface area contributed by atoms with Crippen molar-refractivity contribution in [3.8, 4) is 0 Å². The molecule has 1 heterocycles. The first-order valence-corrected chi connectivity index (χ1v) is 7.29. The molecular formula is C12H12ClN3O2S. The second-order valence-corrected chi connectivity index (χ2v) is 5.97. The molecule has 2 rings (SSSR count). The molecule has 100 valence electrons. The first kappa shape index (κ1) is 13.8. The van der Waals surface area contributed by atoms with Gasteiger partial charge in [-0.1, -0.05) is 29.8 Å². The molecule has 0 unspecified atom stereocenters. The van der Waals surface area contributed by atoms with Gasteiger partial charge in [-0.05, 0) is 17.7 Å². The molecule has 0 aliphatic rings. The smallest absolute Gasteiger partial charge is 0.244 e. The molecule has 1 aromatic carbocycles. The number of hydrogen-bond donors (Lipinski definition) is 2. The molecule has 2 aromatic rings. The summed E-state index contributed by atoms with van der Waals surface area (Å²) in [5.74, 6) is 0. The molecule has 7 heteroatoms. The van der Waals surface area contributed by atoms with Gasteiger partial charge < -0.3 is 5.73 Å². The average Bonchev–Trinajstić information content (AvgIpc) is 2.38. The van der Waals surface area contributed by atoms with Crippen molar-refractivity contribution in [1.29, 1.82) is 0 Å². The van der Waals surface area contributed by atoms with Gasteiger partial charge in [-0.3, -0.25) is 4.98 Å². The predicted molar refractivity (Wildman–Crippen MR) is 74.1 cm³/mol. The molecule has 0 fully saturated rings. The molecule has 0 saturated heterocycles. The highest BCUT2D eigenvalue weighted by atomic mass is 35.5. The maximum Gasteiger partial charge on any atom is 0.244 e. The second kappa shape index (κ2) is 5.56.